The van der Waals surface area contributed by atoms with Crippen molar-refractivity contribution in [1.82, 2.24) is 0 Å². The smallest absolute Gasteiger partial charge is 0.478 e. The molecule has 0 fully saturated rings. The number of aromatic carboxylic acids is 1. The molecule has 7 heteroatoms. The van der Waals surface area contributed by atoms with Gasteiger partial charge >= 0.3 is 12.3 Å². The first-order chi connectivity index (χ1) is 7.33. The van der Waals surface area contributed by atoms with Gasteiger partial charge in [0.2, 0.25) is 0 Å². The van der Waals surface area contributed by atoms with Gasteiger partial charge in [0.15, 0.2) is 0 Å². The maximum Gasteiger partial charge on any atom is 0.573 e. The first-order valence-electron chi connectivity index (χ1n) is 4.01. The molecule has 0 aliphatic carbocycles. The van der Waals surface area contributed by atoms with E-state index in [2.05, 4.69) is 20.7 Å². The molecule has 1 N–H and O–H groups in total. The quantitative estimate of drug-likeness (QED) is 0.872. The van der Waals surface area contributed by atoms with Gasteiger partial charge in [0.25, 0.3) is 0 Å². The van der Waals surface area contributed by atoms with Crippen LogP contribution in [0.3, 0.4) is 0 Å². The Hall–Kier alpha value is -1.24. The molecule has 0 heterocycles. The largest absolute Gasteiger partial charge is 0.573 e. The molecule has 1 rings (SSSR count). The fourth-order valence-corrected chi connectivity index (χ4v) is 1.39. The summed E-state index contributed by atoms with van der Waals surface area (Å²) < 4.78 is 39.4. The summed E-state index contributed by atoms with van der Waals surface area (Å²) in [7, 11) is 0. The van der Waals surface area contributed by atoms with Crippen molar-refractivity contribution in [2.45, 2.75) is 11.7 Å². The van der Waals surface area contributed by atoms with E-state index >= 15 is 0 Å². The lowest BCUT2D eigenvalue weighted by Gasteiger charge is -2.11. The highest BCUT2D eigenvalue weighted by Gasteiger charge is 2.33. The molecule has 0 unspecified atom stereocenters. The van der Waals surface area contributed by atoms with Gasteiger partial charge in [0.1, 0.15) is 11.3 Å². The maximum atomic E-state index is 11.9. The number of alkyl halides is 4. The summed E-state index contributed by atoms with van der Waals surface area (Å²) in [5.74, 6) is -2.19. The Morgan fingerprint density at radius 2 is 2.06 bits per heavy atom. The maximum absolute atomic E-state index is 11.9. The molecule has 0 aliphatic rings. The van der Waals surface area contributed by atoms with Crippen molar-refractivity contribution < 1.29 is 27.8 Å². The van der Waals surface area contributed by atoms with Crippen LogP contribution in [0.4, 0.5) is 13.2 Å². The van der Waals surface area contributed by atoms with Gasteiger partial charge < -0.3 is 9.84 Å². The Morgan fingerprint density at radius 3 is 2.50 bits per heavy atom. The van der Waals surface area contributed by atoms with Crippen molar-refractivity contribution in [3.8, 4) is 5.75 Å². The molecular formula is C9H6BrF3O3. The molecule has 0 saturated carbocycles. The van der Waals surface area contributed by atoms with Gasteiger partial charge in [-0.05, 0) is 17.7 Å². The van der Waals surface area contributed by atoms with Gasteiger partial charge in [-0.25, -0.2) is 4.79 Å². The van der Waals surface area contributed by atoms with Crippen molar-refractivity contribution in [3.05, 3.63) is 29.3 Å². The summed E-state index contributed by atoms with van der Waals surface area (Å²) in [5.41, 5.74) is 0.0289. The van der Waals surface area contributed by atoms with Crippen LogP contribution in [0.5, 0.6) is 5.75 Å². The number of hydrogen-bond donors (Lipinski definition) is 1. The zero-order valence-corrected chi connectivity index (χ0v) is 9.30. The van der Waals surface area contributed by atoms with Crippen LogP contribution >= 0.6 is 15.9 Å². The molecular weight excluding hydrogens is 293 g/mol. The van der Waals surface area contributed by atoms with Crippen molar-refractivity contribution in [3.63, 3.8) is 0 Å². The van der Waals surface area contributed by atoms with Crippen LogP contribution in [-0.4, -0.2) is 17.4 Å². The summed E-state index contributed by atoms with van der Waals surface area (Å²) >= 11 is 3.07. The van der Waals surface area contributed by atoms with E-state index in [1.165, 1.54) is 6.07 Å². The first kappa shape index (κ1) is 12.8. The van der Waals surface area contributed by atoms with Crippen molar-refractivity contribution in [2.24, 2.45) is 0 Å². The molecule has 0 atom stereocenters. The highest BCUT2D eigenvalue weighted by molar-refractivity contribution is 9.08. The van der Waals surface area contributed by atoms with E-state index in [1.54, 1.807) is 0 Å². The Morgan fingerprint density at radius 1 is 1.44 bits per heavy atom. The molecule has 1 aromatic carbocycles. The van der Waals surface area contributed by atoms with E-state index in [0.717, 1.165) is 12.1 Å². The van der Waals surface area contributed by atoms with Crippen LogP contribution in [-0.2, 0) is 5.33 Å². The number of carboxylic acids is 1. The molecule has 0 saturated heterocycles. The zero-order valence-electron chi connectivity index (χ0n) is 7.71. The fourth-order valence-electron chi connectivity index (χ4n) is 1.04. The normalized spacial score (nSPS) is 11.2. The molecule has 0 spiro atoms. The van der Waals surface area contributed by atoms with Gasteiger partial charge in [-0.1, -0.05) is 22.0 Å². The minimum atomic E-state index is -4.90. The van der Waals surface area contributed by atoms with E-state index in [4.69, 9.17) is 5.11 Å². The van der Waals surface area contributed by atoms with Gasteiger partial charge in [0.05, 0.1) is 0 Å². The number of carbonyl (C=O) groups is 1. The van der Waals surface area contributed by atoms with Gasteiger partial charge in [0, 0.05) is 5.33 Å². The molecule has 0 amide bonds. The van der Waals surface area contributed by atoms with Gasteiger partial charge in [-0.15, -0.1) is 13.2 Å². The van der Waals surface area contributed by atoms with Crippen LogP contribution < -0.4 is 4.74 Å². The highest BCUT2D eigenvalue weighted by Crippen LogP contribution is 2.27. The summed E-state index contributed by atoms with van der Waals surface area (Å²) in [4.78, 5) is 10.7. The molecule has 0 aliphatic heterocycles. The molecule has 16 heavy (non-hydrogen) atoms. The molecule has 0 bridgehead atoms. The van der Waals surface area contributed by atoms with Crippen LogP contribution in [0.1, 0.15) is 15.9 Å². The summed E-state index contributed by atoms with van der Waals surface area (Å²) in [6, 6.07) is 3.45. The van der Waals surface area contributed by atoms with E-state index in [0.29, 0.717) is 10.9 Å². The van der Waals surface area contributed by atoms with E-state index in [9.17, 15) is 18.0 Å². The monoisotopic (exact) mass is 298 g/mol. The lowest BCUT2D eigenvalue weighted by Crippen LogP contribution is -2.19. The highest BCUT2D eigenvalue weighted by atomic mass is 79.9. The Balaban J connectivity index is 3.13. The third kappa shape index (κ3) is 3.41. The van der Waals surface area contributed by atoms with Gasteiger partial charge in [-0.3, -0.25) is 0 Å². The van der Waals surface area contributed by atoms with Crippen LogP contribution in [0.15, 0.2) is 18.2 Å². The minimum absolute atomic E-state index is 0.347. The third-order valence-corrected chi connectivity index (χ3v) is 2.30. The standard InChI is InChI=1S/C9H6BrF3O3/c10-4-5-1-2-7(16-9(11,12)13)6(3-5)8(14)15/h1-3H,4H2,(H,14,15). The SMILES string of the molecule is O=C(O)c1cc(CBr)ccc1OC(F)(F)F. The molecule has 1 aromatic rings. The topological polar surface area (TPSA) is 46.5 Å². The fraction of sp³-hybridized carbons (Fsp3) is 0.222. The number of halogens is 4. The van der Waals surface area contributed by atoms with E-state index in [1.807, 2.05) is 0 Å². The Bertz CT molecular complexity index is 403. The van der Waals surface area contributed by atoms with E-state index < -0.39 is 23.6 Å². The third-order valence-electron chi connectivity index (χ3n) is 1.65. The second-order valence-corrected chi connectivity index (χ2v) is 3.38. The average Bonchev–Trinajstić information content (AvgIpc) is 2.15. The Labute approximate surface area is 97.0 Å². The van der Waals surface area contributed by atoms with Crippen LogP contribution in [0, 0.1) is 0 Å². The van der Waals surface area contributed by atoms with Crippen molar-refractivity contribution in [2.75, 3.05) is 0 Å². The van der Waals surface area contributed by atoms with Gasteiger partial charge in [-0.2, -0.15) is 0 Å². The number of benzene rings is 1. The molecule has 0 aromatic heterocycles. The lowest BCUT2D eigenvalue weighted by atomic mass is 10.1. The molecule has 88 valence electrons. The number of rotatable bonds is 3. The number of ether oxygens (including phenoxy) is 1. The summed E-state index contributed by atoms with van der Waals surface area (Å²) in [5, 5.41) is 9.07. The van der Waals surface area contributed by atoms with Crippen molar-refractivity contribution >= 4 is 21.9 Å². The zero-order chi connectivity index (χ0) is 12.3. The summed E-state index contributed by atoms with van der Waals surface area (Å²) in [6.07, 6.45) is -4.90. The number of hydrogen-bond acceptors (Lipinski definition) is 2. The Kier molecular flexibility index (Phi) is 3.79. The molecule has 0 radical (unpaired) electrons. The second kappa shape index (κ2) is 4.73. The predicted octanol–water partition coefficient (Wildman–Crippen LogP) is 3.18. The first-order valence-corrected chi connectivity index (χ1v) is 5.13. The average molecular weight is 299 g/mol. The van der Waals surface area contributed by atoms with Crippen molar-refractivity contribution in [1.29, 1.82) is 0 Å². The lowest BCUT2D eigenvalue weighted by molar-refractivity contribution is -0.274. The van der Waals surface area contributed by atoms with Crippen LogP contribution in [0.2, 0.25) is 0 Å². The summed E-state index contributed by atoms with van der Waals surface area (Å²) in [6.45, 7) is 0. The van der Waals surface area contributed by atoms with E-state index in [-0.39, 0.29) is 0 Å². The second-order valence-electron chi connectivity index (χ2n) is 2.82. The number of carboxylic acid groups (broad SMARTS) is 1. The minimum Gasteiger partial charge on any atom is -0.478 e. The predicted molar refractivity (Wildman–Crippen MR) is 52.7 cm³/mol. The van der Waals surface area contributed by atoms with Crippen LogP contribution in [0.25, 0.3) is 0 Å². The molecule has 3 nitrogen and oxygen atoms in total.